The molecule has 0 bridgehead atoms. The topological polar surface area (TPSA) is 35.2 Å². The molecule has 0 amide bonds. The molecular formula is C14H14ClNO. The fourth-order valence-corrected chi connectivity index (χ4v) is 1.73. The van der Waals surface area contributed by atoms with Gasteiger partial charge in [0.2, 0.25) is 0 Å². The van der Waals surface area contributed by atoms with Gasteiger partial charge in [-0.05, 0) is 42.3 Å². The fraction of sp³-hybridized carbons (Fsp3) is 0.143. The summed E-state index contributed by atoms with van der Waals surface area (Å²) >= 11 is 5.88. The van der Waals surface area contributed by atoms with E-state index in [1.54, 1.807) is 6.07 Å². The third kappa shape index (κ3) is 3.14. The summed E-state index contributed by atoms with van der Waals surface area (Å²) in [5, 5.41) is 0.677. The lowest BCUT2D eigenvalue weighted by Gasteiger charge is -2.08. The average Bonchev–Trinajstić information content (AvgIpc) is 2.31. The summed E-state index contributed by atoms with van der Waals surface area (Å²) in [6.45, 7) is 2.50. The maximum Gasteiger partial charge on any atom is 0.121 e. The van der Waals surface area contributed by atoms with Crippen LogP contribution in [0.2, 0.25) is 5.02 Å². The minimum Gasteiger partial charge on any atom is -0.489 e. The molecule has 0 saturated heterocycles. The normalized spacial score (nSPS) is 10.2. The van der Waals surface area contributed by atoms with Gasteiger partial charge in [0.15, 0.2) is 0 Å². The van der Waals surface area contributed by atoms with Crippen molar-refractivity contribution in [3.8, 4) is 5.75 Å². The Kier molecular flexibility index (Phi) is 3.55. The van der Waals surface area contributed by atoms with Crippen molar-refractivity contribution < 1.29 is 4.74 Å². The van der Waals surface area contributed by atoms with Gasteiger partial charge in [-0.25, -0.2) is 0 Å². The van der Waals surface area contributed by atoms with E-state index in [-0.39, 0.29) is 0 Å². The first-order valence-corrected chi connectivity index (χ1v) is 5.76. The van der Waals surface area contributed by atoms with Gasteiger partial charge in [0.25, 0.3) is 0 Å². The predicted octanol–water partition coefficient (Wildman–Crippen LogP) is 3.81. The van der Waals surface area contributed by atoms with Crippen LogP contribution in [-0.2, 0) is 6.61 Å². The van der Waals surface area contributed by atoms with Crippen LogP contribution in [0.3, 0.4) is 0 Å². The Bertz CT molecular complexity index is 525. The van der Waals surface area contributed by atoms with Gasteiger partial charge >= 0.3 is 0 Å². The Labute approximate surface area is 106 Å². The van der Waals surface area contributed by atoms with Crippen molar-refractivity contribution in [1.82, 2.24) is 0 Å². The Morgan fingerprint density at radius 2 is 2.00 bits per heavy atom. The molecule has 0 aliphatic rings. The highest BCUT2D eigenvalue weighted by Gasteiger charge is 1.99. The van der Waals surface area contributed by atoms with Crippen molar-refractivity contribution >= 4 is 17.3 Å². The molecule has 17 heavy (non-hydrogen) atoms. The Hall–Kier alpha value is -1.67. The number of nitrogen functional groups attached to an aromatic ring is 1. The number of nitrogens with two attached hydrogens (primary N) is 1. The van der Waals surface area contributed by atoms with Crippen LogP contribution >= 0.6 is 11.6 Å². The molecule has 0 atom stereocenters. The quantitative estimate of drug-likeness (QED) is 0.837. The molecule has 0 aliphatic carbocycles. The average molecular weight is 248 g/mol. The number of halogens is 1. The SMILES string of the molecule is Cc1cc(COc2cccc(Cl)c2)ccc1N. The van der Waals surface area contributed by atoms with Crippen molar-refractivity contribution in [2.24, 2.45) is 0 Å². The van der Waals surface area contributed by atoms with Gasteiger partial charge in [0.1, 0.15) is 12.4 Å². The van der Waals surface area contributed by atoms with Gasteiger partial charge in [-0.1, -0.05) is 29.8 Å². The van der Waals surface area contributed by atoms with Gasteiger partial charge in [0, 0.05) is 10.7 Å². The number of anilines is 1. The molecule has 2 aromatic carbocycles. The second-order valence-corrected chi connectivity index (χ2v) is 4.37. The fourth-order valence-electron chi connectivity index (χ4n) is 1.55. The first-order chi connectivity index (χ1) is 8.15. The molecule has 0 aliphatic heterocycles. The Balaban J connectivity index is 2.05. The van der Waals surface area contributed by atoms with Gasteiger partial charge in [-0.2, -0.15) is 0 Å². The summed E-state index contributed by atoms with van der Waals surface area (Å²) in [6, 6.07) is 13.3. The van der Waals surface area contributed by atoms with E-state index in [1.165, 1.54) is 0 Å². The molecule has 0 fully saturated rings. The second-order valence-electron chi connectivity index (χ2n) is 3.94. The first-order valence-electron chi connectivity index (χ1n) is 5.38. The molecule has 3 heteroatoms. The number of rotatable bonds is 3. The molecule has 2 aromatic rings. The molecule has 2 N–H and O–H groups in total. The second kappa shape index (κ2) is 5.11. The molecule has 88 valence electrons. The molecule has 0 saturated carbocycles. The van der Waals surface area contributed by atoms with E-state index in [1.807, 2.05) is 43.3 Å². The van der Waals surface area contributed by atoms with Crippen molar-refractivity contribution in [3.05, 3.63) is 58.6 Å². The Morgan fingerprint density at radius 1 is 1.18 bits per heavy atom. The van der Waals surface area contributed by atoms with E-state index < -0.39 is 0 Å². The number of hydrogen-bond donors (Lipinski definition) is 1. The van der Waals surface area contributed by atoms with Crippen LogP contribution in [0.1, 0.15) is 11.1 Å². The minimum atomic E-state index is 0.515. The lowest BCUT2D eigenvalue weighted by molar-refractivity contribution is 0.306. The molecule has 0 heterocycles. The lowest BCUT2D eigenvalue weighted by atomic mass is 10.1. The van der Waals surface area contributed by atoms with Crippen LogP contribution in [0.25, 0.3) is 0 Å². The van der Waals surface area contributed by atoms with Gasteiger partial charge < -0.3 is 10.5 Å². The van der Waals surface area contributed by atoms with Crippen molar-refractivity contribution in [1.29, 1.82) is 0 Å². The lowest BCUT2D eigenvalue weighted by Crippen LogP contribution is -1.97. The molecule has 2 rings (SSSR count). The first kappa shape index (κ1) is 11.8. The van der Waals surface area contributed by atoms with Crippen LogP contribution in [0.5, 0.6) is 5.75 Å². The Morgan fingerprint density at radius 3 is 2.71 bits per heavy atom. The summed E-state index contributed by atoms with van der Waals surface area (Å²) in [4.78, 5) is 0. The third-order valence-corrected chi connectivity index (χ3v) is 2.77. The standard InChI is InChI=1S/C14H14ClNO/c1-10-7-11(5-6-14(10)16)9-17-13-4-2-3-12(15)8-13/h2-8H,9,16H2,1H3. The van der Waals surface area contributed by atoms with Crippen LogP contribution in [0, 0.1) is 6.92 Å². The number of hydrogen-bond acceptors (Lipinski definition) is 2. The molecular weight excluding hydrogens is 234 g/mol. The van der Waals surface area contributed by atoms with E-state index >= 15 is 0 Å². The number of aryl methyl sites for hydroxylation is 1. The zero-order chi connectivity index (χ0) is 12.3. The summed E-state index contributed by atoms with van der Waals surface area (Å²) in [5.74, 6) is 0.770. The van der Waals surface area contributed by atoms with Crippen molar-refractivity contribution in [2.75, 3.05) is 5.73 Å². The van der Waals surface area contributed by atoms with Gasteiger partial charge in [-0.15, -0.1) is 0 Å². The van der Waals surface area contributed by atoms with E-state index in [0.29, 0.717) is 11.6 Å². The van der Waals surface area contributed by atoms with Crippen LogP contribution < -0.4 is 10.5 Å². The maximum atomic E-state index is 5.88. The maximum absolute atomic E-state index is 5.88. The summed E-state index contributed by atoms with van der Waals surface area (Å²) in [6.07, 6.45) is 0. The van der Waals surface area contributed by atoms with E-state index in [0.717, 1.165) is 22.6 Å². The van der Waals surface area contributed by atoms with Crippen LogP contribution in [-0.4, -0.2) is 0 Å². The predicted molar refractivity (Wildman–Crippen MR) is 71.4 cm³/mol. The molecule has 0 unspecified atom stereocenters. The summed E-state index contributed by atoms with van der Waals surface area (Å²) in [7, 11) is 0. The molecule has 2 nitrogen and oxygen atoms in total. The highest BCUT2D eigenvalue weighted by Crippen LogP contribution is 2.19. The van der Waals surface area contributed by atoms with E-state index in [9.17, 15) is 0 Å². The molecule has 0 spiro atoms. The van der Waals surface area contributed by atoms with Crippen LogP contribution in [0.4, 0.5) is 5.69 Å². The minimum absolute atomic E-state index is 0.515. The monoisotopic (exact) mass is 247 g/mol. The zero-order valence-electron chi connectivity index (χ0n) is 9.61. The van der Waals surface area contributed by atoms with Gasteiger partial charge in [0.05, 0.1) is 0 Å². The zero-order valence-corrected chi connectivity index (χ0v) is 10.4. The van der Waals surface area contributed by atoms with Crippen molar-refractivity contribution in [2.45, 2.75) is 13.5 Å². The summed E-state index contributed by atoms with van der Waals surface area (Å²) in [5.41, 5.74) is 8.72. The van der Waals surface area contributed by atoms with E-state index in [4.69, 9.17) is 22.1 Å². The smallest absolute Gasteiger partial charge is 0.121 e. The largest absolute Gasteiger partial charge is 0.489 e. The summed E-state index contributed by atoms with van der Waals surface area (Å²) < 4.78 is 5.64. The van der Waals surface area contributed by atoms with E-state index in [2.05, 4.69) is 0 Å². The number of benzene rings is 2. The highest BCUT2D eigenvalue weighted by molar-refractivity contribution is 6.30. The third-order valence-electron chi connectivity index (χ3n) is 2.54. The van der Waals surface area contributed by atoms with Crippen molar-refractivity contribution in [3.63, 3.8) is 0 Å². The van der Waals surface area contributed by atoms with Gasteiger partial charge in [-0.3, -0.25) is 0 Å². The number of ether oxygens (including phenoxy) is 1. The highest BCUT2D eigenvalue weighted by atomic mass is 35.5. The van der Waals surface area contributed by atoms with Crippen LogP contribution in [0.15, 0.2) is 42.5 Å². The molecule has 0 aromatic heterocycles. The molecule has 0 radical (unpaired) electrons.